The number of rotatable bonds is 6. The van der Waals surface area contributed by atoms with Gasteiger partial charge in [-0.3, -0.25) is 0 Å². The molecule has 0 fully saturated rings. The van der Waals surface area contributed by atoms with Gasteiger partial charge in [-0.15, -0.1) is 0 Å². The maximum Gasteiger partial charge on any atom is 0.490 e. The highest BCUT2D eigenvalue weighted by Crippen LogP contribution is 2.38. The fourth-order valence-electron chi connectivity index (χ4n) is 4.84. The molecule has 0 radical (unpaired) electrons. The number of aliphatic carboxylic acids is 1. The molecule has 0 aliphatic rings. The molecule has 0 atom stereocenters. The summed E-state index contributed by atoms with van der Waals surface area (Å²) in [5.74, 6) is -1.42. The van der Waals surface area contributed by atoms with E-state index >= 15 is 0 Å². The Hall–Kier alpha value is -5.65. The minimum absolute atomic E-state index is 0.00537. The van der Waals surface area contributed by atoms with Crippen LogP contribution in [0.1, 0.15) is 5.56 Å². The summed E-state index contributed by atoms with van der Waals surface area (Å²) in [5.41, 5.74) is 14.1. The maximum atomic E-state index is 13.2. The number of carboxylic acids is 1. The number of aromatic nitrogens is 4. The summed E-state index contributed by atoms with van der Waals surface area (Å²) < 4.78 is 71.4. The molecule has 0 spiro atoms. The van der Waals surface area contributed by atoms with Crippen molar-refractivity contribution in [3.05, 3.63) is 94.5 Å². The Balaban J connectivity index is 0.000000203. The van der Waals surface area contributed by atoms with Crippen molar-refractivity contribution in [2.45, 2.75) is 12.4 Å². The van der Waals surface area contributed by atoms with Crippen molar-refractivity contribution in [2.75, 3.05) is 42.3 Å². The smallest absolute Gasteiger partial charge is 0.475 e. The number of nitrogens with two attached hydrogens (primary N) is 2. The predicted octanol–water partition coefficient (Wildman–Crippen LogP) is 8.16. The lowest BCUT2D eigenvalue weighted by Gasteiger charge is -2.14. The van der Waals surface area contributed by atoms with Crippen LogP contribution in [0.4, 0.5) is 49.9 Å². The van der Waals surface area contributed by atoms with E-state index in [4.69, 9.17) is 49.7 Å². The first-order valence-electron chi connectivity index (χ1n) is 15.0. The van der Waals surface area contributed by atoms with E-state index in [1.165, 1.54) is 12.1 Å². The number of anilines is 4. The minimum atomic E-state index is -5.08. The Labute approximate surface area is 306 Å². The highest BCUT2D eigenvalue weighted by Gasteiger charge is 2.38. The number of aliphatic hydroxyl groups is 1. The number of alkyl halides is 6. The van der Waals surface area contributed by atoms with Crippen LogP contribution in [0, 0.1) is 0 Å². The first-order chi connectivity index (χ1) is 24.9. The molecule has 0 unspecified atom stereocenters. The average molecular weight is 782 g/mol. The van der Waals surface area contributed by atoms with Crippen LogP contribution >= 0.6 is 23.2 Å². The highest BCUT2D eigenvalue weighted by molar-refractivity contribution is 6.43. The van der Waals surface area contributed by atoms with Crippen LogP contribution in [-0.2, 0) is 11.0 Å². The number of hydrogen-bond donors (Lipinski definition) is 6. The summed E-state index contributed by atoms with van der Waals surface area (Å²) >= 11 is 12.3. The Bertz CT molecular complexity index is 2260. The second-order valence-electron chi connectivity index (χ2n) is 10.7. The van der Waals surface area contributed by atoms with E-state index in [0.717, 1.165) is 28.1 Å². The first-order valence-corrected chi connectivity index (χ1v) is 15.8. The standard InChI is InChI=1S/C17H15F3N4O.C15H12Cl2N4.C2HF3O2/c18-17(19,20)13-4-2-1-3-11(13)10-5-6-12-14(9-10)23-16(21)24-15(12)22-7-8-25;1-19-14-10-6-5-8(7-12(10)20-15(18)21-14)9-3-2-4-11(16)13(9)17;3-2(4,5)1(6)7/h1-6,9,25H,7-8H2,(H3,21,22,23,24);2-7H,1H3,(H3,18,19,20,21);(H,6,7). The van der Waals surface area contributed by atoms with Crippen LogP contribution in [0.15, 0.2) is 78.9 Å². The normalized spacial score (nSPS) is 11.3. The summed E-state index contributed by atoms with van der Waals surface area (Å²) in [6, 6.07) is 21.5. The Morgan fingerprint density at radius 3 is 1.79 bits per heavy atom. The summed E-state index contributed by atoms with van der Waals surface area (Å²) in [6.07, 6.45) is -9.54. The molecule has 53 heavy (non-hydrogen) atoms. The average Bonchev–Trinajstić information content (AvgIpc) is 3.10. The molecule has 0 amide bonds. The van der Waals surface area contributed by atoms with Gasteiger partial charge in [0.25, 0.3) is 0 Å². The Morgan fingerprint density at radius 1 is 0.755 bits per heavy atom. The molecule has 8 N–H and O–H groups in total. The van der Waals surface area contributed by atoms with Gasteiger partial charge in [-0.25, -0.2) is 14.8 Å². The zero-order valence-electron chi connectivity index (χ0n) is 27.2. The van der Waals surface area contributed by atoms with Crippen molar-refractivity contribution < 1.29 is 41.4 Å². The van der Waals surface area contributed by atoms with Crippen molar-refractivity contribution in [2.24, 2.45) is 0 Å². The summed E-state index contributed by atoms with van der Waals surface area (Å²) in [6.45, 7) is 0.173. The van der Waals surface area contributed by atoms with Gasteiger partial charge in [0.15, 0.2) is 0 Å². The van der Waals surface area contributed by atoms with Crippen LogP contribution < -0.4 is 22.1 Å². The lowest BCUT2D eigenvalue weighted by molar-refractivity contribution is -0.192. The third kappa shape index (κ3) is 10.0. The summed E-state index contributed by atoms with van der Waals surface area (Å²) in [4.78, 5) is 25.5. The number of halogens is 8. The van der Waals surface area contributed by atoms with E-state index in [9.17, 15) is 26.3 Å². The molecule has 0 bridgehead atoms. The number of carboxylic acid groups (broad SMARTS) is 1. The van der Waals surface area contributed by atoms with Crippen molar-refractivity contribution in [1.82, 2.24) is 19.9 Å². The van der Waals surface area contributed by atoms with Gasteiger partial charge >= 0.3 is 18.3 Å². The Morgan fingerprint density at radius 2 is 1.26 bits per heavy atom. The zero-order valence-corrected chi connectivity index (χ0v) is 28.7. The van der Waals surface area contributed by atoms with Gasteiger partial charge in [0.2, 0.25) is 11.9 Å². The first kappa shape index (κ1) is 40.1. The van der Waals surface area contributed by atoms with Crippen LogP contribution in [0.5, 0.6) is 0 Å². The third-order valence-corrected chi connectivity index (χ3v) is 7.94. The van der Waals surface area contributed by atoms with Gasteiger partial charge in [0, 0.05) is 29.9 Å². The van der Waals surface area contributed by atoms with Gasteiger partial charge in [-0.2, -0.15) is 36.3 Å². The largest absolute Gasteiger partial charge is 0.490 e. The monoisotopic (exact) mass is 780 g/mol. The van der Waals surface area contributed by atoms with Crippen molar-refractivity contribution in [1.29, 1.82) is 0 Å². The van der Waals surface area contributed by atoms with Crippen LogP contribution in [-0.4, -0.2) is 62.5 Å². The van der Waals surface area contributed by atoms with Gasteiger partial charge < -0.3 is 32.3 Å². The Kier molecular flexibility index (Phi) is 12.7. The molecule has 0 saturated heterocycles. The SMILES string of the molecule is CNc1nc(N)nc2cc(-c3cccc(Cl)c3Cl)ccc12.Nc1nc(NCCO)c2ccc(-c3ccccc3C(F)(F)F)cc2n1.O=C(O)C(F)(F)F. The molecule has 278 valence electrons. The van der Waals surface area contributed by atoms with Crippen molar-refractivity contribution in [3.63, 3.8) is 0 Å². The van der Waals surface area contributed by atoms with Crippen molar-refractivity contribution >= 4 is 74.5 Å². The zero-order chi connectivity index (χ0) is 39.1. The molecule has 0 aliphatic carbocycles. The predicted molar refractivity (Wildman–Crippen MR) is 193 cm³/mol. The molecule has 19 heteroatoms. The number of nitrogens with one attached hydrogen (secondary N) is 2. The molecule has 11 nitrogen and oxygen atoms in total. The van der Waals surface area contributed by atoms with E-state index in [-0.39, 0.29) is 30.6 Å². The van der Waals surface area contributed by atoms with E-state index in [1.807, 2.05) is 30.3 Å². The molecule has 2 heterocycles. The minimum Gasteiger partial charge on any atom is -0.475 e. The molecule has 6 rings (SSSR count). The lowest BCUT2D eigenvalue weighted by atomic mass is 9.98. The van der Waals surface area contributed by atoms with E-state index in [0.29, 0.717) is 38.1 Å². The number of nitrogens with zero attached hydrogens (tertiary/aromatic N) is 4. The van der Waals surface area contributed by atoms with Crippen LogP contribution in [0.3, 0.4) is 0 Å². The second kappa shape index (κ2) is 16.8. The number of aliphatic hydroxyl groups excluding tert-OH is 1. The second-order valence-corrected chi connectivity index (χ2v) is 11.5. The highest BCUT2D eigenvalue weighted by atomic mass is 35.5. The van der Waals surface area contributed by atoms with Crippen LogP contribution in [0.25, 0.3) is 44.1 Å². The van der Waals surface area contributed by atoms with E-state index in [2.05, 4.69) is 30.6 Å². The molecule has 4 aromatic carbocycles. The number of carbonyl (C=O) groups is 1. The number of nitrogen functional groups attached to an aromatic ring is 2. The van der Waals surface area contributed by atoms with Crippen LogP contribution in [0.2, 0.25) is 10.0 Å². The maximum absolute atomic E-state index is 13.2. The number of benzene rings is 4. The number of fused-ring (bicyclic) bond motifs is 2. The molecule has 0 aliphatic heterocycles. The lowest BCUT2D eigenvalue weighted by Crippen LogP contribution is -2.21. The molecular weight excluding hydrogens is 753 g/mol. The fourth-order valence-corrected chi connectivity index (χ4v) is 5.25. The quantitative estimate of drug-likeness (QED) is 0.0896. The molecule has 2 aromatic heterocycles. The van der Waals surface area contributed by atoms with E-state index < -0.39 is 23.9 Å². The van der Waals surface area contributed by atoms with Gasteiger partial charge in [-0.05, 0) is 53.1 Å². The topological polar surface area (TPSA) is 185 Å². The van der Waals surface area contributed by atoms with Gasteiger partial charge in [-0.1, -0.05) is 65.7 Å². The van der Waals surface area contributed by atoms with E-state index in [1.54, 1.807) is 37.4 Å². The van der Waals surface area contributed by atoms with Gasteiger partial charge in [0.1, 0.15) is 11.6 Å². The molecule has 0 saturated carbocycles. The summed E-state index contributed by atoms with van der Waals surface area (Å²) in [5, 5.41) is 24.5. The number of hydrogen-bond acceptors (Lipinski definition) is 10. The molecule has 6 aromatic rings. The fraction of sp³-hybridized carbons (Fsp3) is 0.147. The van der Waals surface area contributed by atoms with Crippen molar-refractivity contribution in [3.8, 4) is 22.3 Å². The summed E-state index contributed by atoms with van der Waals surface area (Å²) in [7, 11) is 1.79. The third-order valence-electron chi connectivity index (χ3n) is 7.12. The van der Waals surface area contributed by atoms with Gasteiger partial charge in [0.05, 0.1) is 33.2 Å². The molecular formula is C34H28Cl2F6N8O3.